The fourth-order valence-corrected chi connectivity index (χ4v) is 2.94. The van der Waals surface area contributed by atoms with Gasteiger partial charge >= 0.3 is 5.97 Å². The molecule has 0 saturated heterocycles. The summed E-state index contributed by atoms with van der Waals surface area (Å²) in [4.78, 5) is 14.7. The molecular formula is C10H14N2O5S2. The molecule has 2 N–H and O–H groups in total. The van der Waals surface area contributed by atoms with Crippen molar-refractivity contribution in [1.82, 2.24) is 4.98 Å². The van der Waals surface area contributed by atoms with Crippen LogP contribution in [0.15, 0.2) is 12.3 Å². The molecule has 0 saturated carbocycles. The first kappa shape index (κ1) is 15.6. The third kappa shape index (κ3) is 6.32. The number of nitrogens with zero attached hydrogens (tertiary/aromatic N) is 1. The number of sulfonamides is 1. The Labute approximate surface area is 115 Å². The highest BCUT2D eigenvalue weighted by Gasteiger charge is 2.12. The van der Waals surface area contributed by atoms with E-state index in [1.807, 2.05) is 0 Å². The number of anilines is 1. The summed E-state index contributed by atoms with van der Waals surface area (Å²) < 4.78 is 30.5. The number of carboxylic acids is 1. The standard InChI is InChI=1S/C10H14N2O5S2/c1-2-17-5-6-19(15,16)12-10-11-7-8(18-10)3-4-9(13)14/h3-4,7H,2,5-6H2,1H3,(H,11,12)(H,13,14). The molecular weight excluding hydrogens is 292 g/mol. The van der Waals surface area contributed by atoms with Gasteiger partial charge in [0, 0.05) is 23.8 Å². The van der Waals surface area contributed by atoms with E-state index in [1.54, 1.807) is 6.92 Å². The third-order valence-corrected chi connectivity index (χ3v) is 4.07. The number of hydrogen-bond donors (Lipinski definition) is 2. The molecule has 0 aliphatic heterocycles. The van der Waals surface area contributed by atoms with Gasteiger partial charge in [0.25, 0.3) is 0 Å². The maximum absolute atomic E-state index is 11.6. The monoisotopic (exact) mass is 306 g/mol. The zero-order valence-corrected chi connectivity index (χ0v) is 11.8. The zero-order valence-electron chi connectivity index (χ0n) is 10.2. The average Bonchev–Trinajstić information content (AvgIpc) is 2.73. The number of ether oxygens (including phenoxy) is 1. The van der Waals surface area contributed by atoms with Crippen LogP contribution in [0.1, 0.15) is 11.8 Å². The minimum absolute atomic E-state index is 0.114. The lowest BCUT2D eigenvalue weighted by atomic mass is 10.4. The van der Waals surface area contributed by atoms with E-state index in [0.29, 0.717) is 11.5 Å². The minimum Gasteiger partial charge on any atom is -0.478 e. The highest BCUT2D eigenvalue weighted by atomic mass is 32.2. The first-order valence-electron chi connectivity index (χ1n) is 5.38. The van der Waals surface area contributed by atoms with E-state index in [1.165, 1.54) is 12.3 Å². The van der Waals surface area contributed by atoms with Crippen molar-refractivity contribution in [1.29, 1.82) is 0 Å². The Kier molecular flexibility index (Phi) is 5.93. The van der Waals surface area contributed by atoms with Gasteiger partial charge in [0.2, 0.25) is 10.0 Å². The molecule has 0 radical (unpaired) electrons. The lowest BCUT2D eigenvalue weighted by Gasteiger charge is -2.04. The molecule has 0 amide bonds. The number of carbonyl (C=O) groups is 1. The quantitative estimate of drug-likeness (QED) is 0.548. The van der Waals surface area contributed by atoms with Crippen LogP contribution in [0.4, 0.5) is 5.13 Å². The fraction of sp³-hybridized carbons (Fsp3) is 0.400. The van der Waals surface area contributed by atoms with Gasteiger partial charge in [-0.1, -0.05) is 11.3 Å². The fourth-order valence-electron chi connectivity index (χ4n) is 1.06. The van der Waals surface area contributed by atoms with Gasteiger partial charge < -0.3 is 9.84 Å². The topological polar surface area (TPSA) is 106 Å². The Bertz CT molecular complexity index is 550. The second-order valence-electron chi connectivity index (χ2n) is 3.36. The zero-order chi connectivity index (χ0) is 14.3. The van der Waals surface area contributed by atoms with E-state index in [9.17, 15) is 13.2 Å². The van der Waals surface area contributed by atoms with Crippen molar-refractivity contribution in [3.63, 3.8) is 0 Å². The second-order valence-corrected chi connectivity index (χ2v) is 6.26. The van der Waals surface area contributed by atoms with E-state index >= 15 is 0 Å². The largest absolute Gasteiger partial charge is 0.478 e. The molecule has 0 fully saturated rings. The maximum Gasteiger partial charge on any atom is 0.328 e. The third-order valence-electron chi connectivity index (χ3n) is 1.86. The Morgan fingerprint density at radius 3 is 3.00 bits per heavy atom. The van der Waals surface area contributed by atoms with Crippen LogP contribution >= 0.6 is 11.3 Å². The maximum atomic E-state index is 11.6. The van der Waals surface area contributed by atoms with Crippen molar-refractivity contribution in [3.05, 3.63) is 17.2 Å². The van der Waals surface area contributed by atoms with Crippen LogP contribution in [-0.2, 0) is 19.6 Å². The van der Waals surface area contributed by atoms with Crippen LogP contribution < -0.4 is 4.72 Å². The number of carboxylic acid groups (broad SMARTS) is 1. The van der Waals surface area contributed by atoms with E-state index < -0.39 is 16.0 Å². The van der Waals surface area contributed by atoms with Gasteiger partial charge in [-0.05, 0) is 13.0 Å². The lowest BCUT2D eigenvalue weighted by Crippen LogP contribution is -2.20. The summed E-state index contributed by atoms with van der Waals surface area (Å²) in [6.07, 6.45) is 3.70. The predicted molar refractivity (Wildman–Crippen MR) is 72.7 cm³/mol. The Hall–Kier alpha value is -1.45. The summed E-state index contributed by atoms with van der Waals surface area (Å²) in [6, 6.07) is 0. The summed E-state index contributed by atoms with van der Waals surface area (Å²) in [5.41, 5.74) is 0. The van der Waals surface area contributed by atoms with Crippen molar-refractivity contribution < 1.29 is 23.1 Å². The van der Waals surface area contributed by atoms with Gasteiger partial charge in [0.05, 0.1) is 12.4 Å². The summed E-state index contributed by atoms with van der Waals surface area (Å²) >= 11 is 1.05. The van der Waals surface area contributed by atoms with Gasteiger partial charge in [-0.25, -0.2) is 18.2 Å². The number of hydrogen-bond acceptors (Lipinski definition) is 6. The van der Waals surface area contributed by atoms with Gasteiger partial charge in [0.1, 0.15) is 0 Å². The molecule has 106 valence electrons. The summed E-state index contributed by atoms with van der Waals surface area (Å²) in [5, 5.41) is 8.66. The van der Waals surface area contributed by atoms with Gasteiger partial charge in [-0.15, -0.1) is 0 Å². The molecule has 0 unspecified atom stereocenters. The second kappa shape index (κ2) is 7.22. The Morgan fingerprint density at radius 2 is 2.37 bits per heavy atom. The number of aromatic nitrogens is 1. The van der Waals surface area contributed by atoms with Gasteiger partial charge in [-0.2, -0.15) is 0 Å². The Balaban J connectivity index is 2.60. The van der Waals surface area contributed by atoms with Crippen LogP contribution in [0.3, 0.4) is 0 Å². The van der Waals surface area contributed by atoms with E-state index in [4.69, 9.17) is 9.84 Å². The van der Waals surface area contributed by atoms with Gasteiger partial charge in [0.15, 0.2) is 5.13 Å². The highest BCUT2D eigenvalue weighted by Crippen LogP contribution is 2.20. The molecule has 0 aromatic carbocycles. The Morgan fingerprint density at radius 1 is 1.63 bits per heavy atom. The molecule has 1 aromatic rings. The van der Waals surface area contributed by atoms with Crippen LogP contribution in [-0.4, -0.2) is 43.4 Å². The molecule has 0 atom stereocenters. The molecule has 7 nitrogen and oxygen atoms in total. The lowest BCUT2D eigenvalue weighted by molar-refractivity contribution is -0.131. The molecule has 0 spiro atoms. The molecule has 0 aliphatic rings. The first-order valence-corrected chi connectivity index (χ1v) is 7.85. The van der Waals surface area contributed by atoms with Crippen molar-refractivity contribution in [2.75, 3.05) is 23.7 Å². The number of thiazole rings is 1. The van der Waals surface area contributed by atoms with Gasteiger partial charge in [-0.3, -0.25) is 4.72 Å². The van der Waals surface area contributed by atoms with Crippen molar-refractivity contribution >= 4 is 38.5 Å². The minimum atomic E-state index is -3.49. The summed E-state index contributed by atoms with van der Waals surface area (Å²) in [6.45, 7) is 2.35. The summed E-state index contributed by atoms with van der Waals surface area (Å²) in [5.74, 6) is -1.23. The van der Waals surface area contributed by atoms with Crippen LogP contribution in [0, 0.1) is 0 Å². The highest BCUT2D eigenvalue weighted by molar-refractivity contribution is 7.92. The molecule has 1 rings (SSSR count). The molecule has 19 heavy (non-hydrogen) atoms. The van der Waals surface area contributed by atoms with E-state index in [2.05, 4.69) is 9.71 Å². The molecule has 1 aromatic heterocycles. The van der Waals surface area contributed by atoms with Crippen molar-refractivity contribution in [2.45, 2.75) is 6.92 Å². The molecule has 0 aliphatic carbocycles. The number of nitrogens with one attached hydrogen (secondary N) is 1. The smallest absolute Gasteiger partial charge is 0.328 e. The first-order chi connectivity index (χ1) is 8.93. The SMILES string of the molecule is CCOCCS(=O)(=O)Nc1ncc(C=CC(=O)O)s1. The van der Waals surface area contributed by atoms with Crippen LogP contribution in [0.5, 0.6) is 0 Å². The molecule has 9 heteroatoms. The van der Waals surface area contributed by atoms with E-state index in [-0.39, 0.29) is 17.5 Å². The van der Waals surface area contributed by atoms with Crippen LogP contribution in [0.2, 0.25) is 0 Å². The number of aliphatic carboxylic acids is 1. The number of rotatable bonds is 8. The van der Waals surface area contributed by atoms with Crippen molar-refractivity contribution in [3.8, 4) is 0 Å². The molecule has 0 bridgehead atoms. The predicted octanol–water partition coefficient (Wildman–Crippen LogP) is 1.02. The summed E-state index contributed by atoms with van der Waals surface area (Å²) in [7, 11) is -3.49. The molecule has 1 heterocycles. The average molecular weight is 306 g/mol. The van der Waals surface area contributed by atoms with Crippen molar-refractivity contribution in [2.24, 2.45) is 0 Å². The van der Waals surface area contributed by atoms with Crippen LogP contribution in [0.25, 0.3) is 6.08 Å². The normalized spacial score (nSPS) is 11.8. The van der Waals surface area contributed by atoms with E-state index in [0.717, 1.165) is 17.4 Å².